The van der Waals surface area contributed by atoms with E-state index in [4.69, 9.17) is 0 Å². The molecule has 1 amide bonds. The normalized spacial score (nSPS) is 32.6. The van der Waals surface area contributed by atoms with Gasteiger partial charge in [0.05, 0.1) is 12.2 Å². The number of hydrogen-bond donors (Lipinski definition) is 0. The number of pyridine rings is 1. The van der Waals surface area contributed by atoms with E-state index in [9.17, 15) is 18.0 Å². The summed E-state index contributed by atoms with van der Waals surface area (Å²) in [4.78, 5) is 17.9. The third kappa shape index (κ3) is 2.03. The van der Waals surface area contributed by atoms with E-state index >= 15 is 0 Å². The summed E-state index contributed by atoms with van der Waals surface area (Å²) in [5, 5.41) is 0. The predicted octanol–water partition coefficient (Wildman–Crippen LogP) is 3.32. The first-order chi connectivity index (χ1) is 9.74. The lowest BCUT2D eigenvalue weighted by molar-refractivity contribution is -0.156. The maximum absolute atomic E-state index is 13.8. The monoisotopic (exact) mass is 298 g/mol. The Bertz CT molecular complexity index is 587. The van der Waals surface area contributed by atoms with Gasteiger partial charge in [-0.2, -0.15) is 0 Å². The first-order valence-corrected chi connectivity index (χ1v) is 7.05. The van der Waals surface area contributed by atoms with Gasteiger partial charge in [-0.25, -0.2) is 13.2 Å². The fourth-order valence-corrected chi connectivity index (χ4v) is 3.54. The smallest absolute Gasteiger partial charge is 0.259 e. The largest absolute Gasteiger partial charge is 0.332 e. The fourth-order valence-electron chi connectivity index (χ4n) is 3.54. The summed E-state index contributed by atoms with van der Waals surface area (Å²) < 4.78 is 41.0. The number of carbonyl (C=O) groups excluding carboxylic acids is 1. The molecule has 21 heavy (non-hydrogen) atoms. The zero-order valence-electron chi connectivity index (χ0n) is 11.9. The molecule has 2 saturated heterocycles. The number of amides is 1. The quantitative estimate of drug-likeness (QED) is 0.839. The summed E-state index contributed by atoms with van der Waals surface area (Å²) in [7, 11) is 0. The molecule has 3 rings (SSSR count). The minimum Gasteiger partial charge on any atom is -0.332 e. The Morgan fingerprint density at radius 1 is 1.38 bits per heavy atom. The Hall–Kier alpha value is -1.59. The van der Waals surface area contributed by atoms with Gasteiger partial charge < -0.3 is 4.90 Å². The first-order valence-electron chi connectivity index (χ1n) is 7.05. The molecule has 0 unspecified atom stereocenters. The zero-order chi connectivity index (χ0) is 15.4. The van der Waals surface area contributed by atoms with Gasteiger partial charge >= 0.3 is 0 Å². The van der Waals surface area contributed by atoms with Crippen molar-refractivity contribution in [3.63, 3.8) is 0 Å². The van der Waals surface area contributed by atoms with E-state index in [2.05, 4.69) is 4.98 Å². The van der Waals surface area contributed by atoms with Crippen molar-refractivity contribution in [2.75, 3.05) is 0 Å². The van der Waals surface area contributed by atoms with Gasteiger partial charge in [0.25, 0.3) is 5.92 Å². The minimum atomic E-state index is -3.07. The Morgan fingerprint density at radius 3 is 2.71 bits per heavy atom. The lowest BCUT2D eigenvalue weighted by Crippen LogP contribution is -2.44. The highest BCUT2D eigenvalue weighted by Crippen LogP contribution is 2.54. The molecule has 3 atom stereocenters. The fraction of sp³-hybridized carbons (Fsp3) is 0.600. The van der Waals surface area contributed by atoms with Gasteiger partial charge in [-0.1, -0.05) is 0 Å². The van der Waals surface area contributed by atoms with Gasteiger partial charge in [-0.3, -0.25) is 9.78 Å². The molecule has 2 aliphatic heterocycles. The predicted molar refractivity (Wildman–Crippen MR) is 70.1 cm³/mol. The summed E-state index contributed by atoms with van der Waals surface area (Å²) >= 11 is 0. The van der Waals surface area contributed by atoms with Crippen LogP contribution in [0.5, 0.6) is 0 Å². The summed E-state index contributed by atoms with van der Waals surface area (Å²) in [5.74, 6) is -4.09. The maximum atomic E-state index is 13.8. The van der Waals surface area contributed by atoms with Gasteiger partial charge in [0.2, 0.25) is 5.91 Å². The minimum absolute atomic E-state index is 0.147. The number of aromatic nitrogens is 1. The molecule has 1 aromatic heterocycles. The lowest BCUT2D eigenvalue weighted by atomic mass is 9.80. The van der Waals surface area contributed by atoms with Crippen molar-refractivity contribution >= 4 is 5.91 Å². The Labute approximate surface area is 121 Å². The second-order valence-electron chi connectivity index (χ2n) is 6.32. The standard InChI is InChI=1S/C15H17F3N2O/c1-14(15(2,17)18)6-11-3-4-12(20(11)13(14)21)9-5-10(16)8-19-7-9/h5,7-8,11-12H,3-4,6H2,1-2H3/t11-,12+,14+/m0/s1. The zero-order valence-corrected chi connectivity index (χ0v) is 11.9. The van der Waals surface area contributed by atoms with Crippen molar-refractivity contribution in [2.24, 2.45) is 5.41 Å². The molecule has 2 aliphatic rings. The molecule has 114 valence electrons. The van der Waals surface area contributed by atoms with Crippen LogP contribution in [-0.2, 0) is 4.79 Å². The van der Waals surface area contributed by atoms with Gasteiger partial charge in [-0.15, -0.1) is 0 Å². The number of fused-ring (bicyclic) bond motifs is 1. The molecule has 0 radical (unpaired) electrons. The van der Waals surface area contributed by atoms with Crippen LogP contribution >= 0.6 is 0 Å². The second kappa shape index (κ2) is 4.45. The van der Waals surface area contributed by atoms with E-state index < -0.39 is 23.1 Å². The molecule has 1 aromatic rings. The van der Waals surface area contributed by atoms with E-state index in [1.807, 2.05) is 0 Å². The number of carbonyl (C=O) groups is 1. The summed E-state index contributed by atoms with van der Waals surface area (Å²) in [6.45, 7) is 2.13. The summed E-state index contributed by atoms with van der Waals surface area (Å²) in [6.07, 6.45) is 4.06. The first kappa shape index (κ1) is 14.4. The van der Waals surface area contributed by atoms with Crippen LogP contribution in [0, 0.1) is 11.2 Å². The molecule has 0 N–H and O–H groups in total. The summed E-state index contributed by atoms with van der Waals surface area (Å²) in [5.41, 5.74) is -1.09. The van der Waals surface area contributed by atoms with E-state index in [1.54, 1.807) is 0 Å². The Morgan fingerprint density at radius 2 is 2.10 bits per heavy atom. The number of halogens is 3. The van der Waals surface area contributed by atoms with E-state index in [1.165, 1.54) is 24.1 Å². The average Bonchev–Trinajstić information content (AvgIpc) is 2.89. The van der Waals surface area contributed by atoms with Crippen molar-refractivity contribution in [2.45, 2.75) is 51.1 Å². The molecular weight excluding hydrogens is 281 g/mol. The van der Waals surface area contributed by atoms with Crippen LogP contribution in [0.1, 0.15) is 44.7 Å². The van der Waals surface area contributed by atoms with Crippen LogP contribution in [-0.4, -0.2) is 27.8 Å². The number of alkyl halides is 2. The number of rotatable bonds is 2. The third-order valence-corrected chi connectivity index (χ3v) is 4.93. The second-order valence-corrected chi connectivity index (χ2v) is 6.32. The molecule has 0 aliphatic carbocycles. The van der Waals surface area contributed by atoms with Crippen molar-refractivity contribution in [3.8, 4) is 0 Å². The van der Waals surface area contributed by atoms with E-state index in [-0.39, 0.29) is 18.5 Å². The molecule has 0 spiro atoms. The summed E-state index contributed by atoms with van der Waals surface area (Å²) in [6, 6.07) is 0.782. The molecule has 0 aromatic carbocycles. The van der Waals surface area contributed by atoms with Gasteiger partial charge in [0, 0.05) is 19.2 Å². The molecule has 2 fully saturated rings. The van der Waals surface area contributed by atoms with Crippen LogP contribution in [0.4, 0.5) is 13.2 Å². The average molecular weight is 298 g/mol. The highest BCUT2D eigenvalue weighted by atomic mass is 19.3. The van der Waals surface area contributed by atoms with Crippen molar-refractivity contribution in [1.29, 1.82) is 0 Å². The third-order valence-electron chi connectivity index (χ3n) is 4.93. The Kier molecular flexibility index (Phi) is 3.04. The highest BCUT2D eigenvalue weighted by Gasteiger charge is 2.62. The van der Waals surface area contributed by atoms with Crippen LogP contribution in [0.25, 0.3) is 0 Å². The lowest BCUT2D eigenvalue weighted by Gasteiger charge is -2.31. The van der Waals surface area contributed by atoms with Crippen LogP contribution in [0.2, 0.25) is 0 Å². The maximum Gasteiger partial charge on any atom is 0.259 e. The van der Waals surface area contributed by atoms with Crippen LogP contribution in [0.15, 0.2) is 18.5 Å². The van der Waals surface area contributed by atoms with Crippen molar-refractivity contribution in [1.82, 2.24) is 9.88 Å². The highest BCUT2D eigenvalue weighted by molar-refractivity contribution is 5.87. The van der Waals surface area contributed by atoms with Crippen LogP contribution < -0.4 is 0 Å². The number of nitrogens with zero attached hydrogens (tertiary/aromatic N) is 2. The van der Waals surface area contributed by atoms with Gasteiger partial charge in [0.15, 0.2) is 0 Å². The number of hydrogen-bond acceptors (Lipinski definition) is 2. The van der Waals surface area contributed by atoms with Crippen LogP contribution in [0.3, 0.4) is 0 Å². The van der Waals surface area contributed by atoms with E-state index in [0.717, 1.165) is 13.1 Å². The molecule has 0 bridgehead atoms. The SMILES string of the molecule is CC(F)(F)[C@]1(C)C[C@@H]2CC[C@H](c3cncc(F)c3)N2C1=O. The molecule has 6 heteroatoms. The van der Waals surface area contributed by atoms with Gasteiger partial charge in [-0.05, 0) is 37.8 Å². The molecular formula is C15H17F3N2O. The molecule has 3 nitrogen and oxygen atoms in total. The molecule has 0 saturated carbocycles. The molecule has 3 heterocycles. The van der Waals surface area contributed by atoms with Crippen molar-refractivity contribution in [3.05, 3.63) is 29.8 Å². The van der Waals surface area contributed by atoms with Crippen molar-refractivity contribution < 1.29 is 18.0 Å². The topological polar surface area (TPSA) is 33.2 Å². The van der Waals surface area contributed by atoms with Gasteiger partial charge in [0.1, 0.15) is 11.2 Å². The Balaban J connectivity index is 1.95. The van der Waals surface area contributed by atoms with E-state index in [0.29, 0.717) is 18.4 Å².